The fraction of sp³-hybridized carbons (Fsp3) is 0.722. The van der Waals surface area contributed by atoms with E-state index in [2.05, 4.69) is 62.1 Å². The zero-order valence-corrected chi connectivity index (χ0v) is 17.0. The Morgan fingerprint density at radius 2 is 2.17 bits per heavy atom. The van der Waals surface area contributed by atoms with E-state index in [9.17, 15) is 0 Å². The quantitative estimate of drug-likeness (QED) is 0.565. The largest absolute Gasteiger partial charge is 0.385 e. The molecule has 0 bridgehead atoms. The average Bonchev–Trinajstić information content (AvgIpc) is 3.13. The number of hydrogen-bond donors (Lipinski definition) is 1. The third-order valence-corrected chi connectivity index (χ3v) is 5.60. The predicted octanol–water partition coefficient (Wildman–Crippen LogP) is 3.39. The number of ether oxygens (including phenoxy) is 1. The fourth-order valence-electron chi connectivity index (χ4n) is 3.65. The second-order valence-electron chi connectivity index (χ2n) is 6.97. The number of guanidine groups is 1. The number of nitrogens with one attached hydrogen (secondary N) is 1. The van der Waals surface area contributed by atoms with Crippen molar-refractivity contribution in [2.75, 3.05) is 34.4 Å². The molecule has 0 unspecified atom stereocenters. The number of rotatable bonds is 7. The van der Waals surface area contributed by atoms with Gasteiger partial charge >= 0.3 is 0 Å². The van der Waals surface area contributed by atoms with E-state index in [1.807, 2.05) is 7.05 Å². The maximum absolute atomic E-state index is 5.33. The molecule has 1 aromatic rings. The Hall–Kier alpha value is -1.01. The summed E-state index contributed by atoms with van der Waals surface area (Å²) in [5.74, 6) is 0.955. The maximum atomic E-state index is 5.33. The molecule has 2 rings (SSSR count). The summed E-state index contributed by atoms with van der Waals surface area (Å²) >= 11 is 3.54. The Labute approximate surface area is 154 Å². The first kappa shape index (κ1) is 19.3. The van der Waals surface area contributed by atoms with Crippen molar-refractivity contribution in [3.8, 4) is 0 Å². The van der Waals surface area contributed by atoms with Gasteiger partial charge in [0.15, 0.2) is 5.96 Å². The lowest BCUT2D eigenvalue weighted by Gasteiger charge is -2.31. The number of nitrogens with zero attached hydrogens (tertiary/aromatic N) is 3. The van der Waals surface area contributed by atoms with Crippen LogP contribution in [-0.4, -0.2) is 49.8 Å². The van der Waals surface area contributed by atoms with Crippen molar-refractivity contribution in [1.29, 1.82) is 0 Å². The van der Waals surface area contributed by atoms with Gasteiger partial charge in [-0.3, -0.25) is 4.99 Å². The summed E-state index contributed by atoms with van der Waals surface area (Å²) in [5, 5.41) is 3.61. The van der Waals surface area contributed by atoms with Crippen LogP contribution in [-0.2, 0) is 18.3 Å². The molecule has 1 N–H and O–H groups in total. The highest BCUT2D eigenvalue weighted by atomic mass is 79.9. The normalized spacial score (nSPS) is 17.3. The summed E-state index contributed by atoms with van der Waals surface area (Å²) in [4.78, 5) is 6.65. The van der Waals surface area contributed by atoms with E-state index in [-0.39, 0.29) is 0 Å². The van der Waals surface area contributed by atoms with Crippen molar-refractivity contribution in [1.82, 2.24) is 14.8 Å². The van der Waals surface area contributed by atoms with Crippen molar-refractivity contribution in [2.45, 2.75) is 38.6 Å². The van der Waals surface area contributed by atoms with Gasteiger partial charge in [0.25, 0.3) is 0 Å². The van der Waals surface area contributed by atoms with Gasteiger partial charge in [-0.25, -0.2) is 0 Å². The van der Waals surface area contributed by atoms with Crippen LogP contribution in [0, 0.1) is 5.41 Å². The van der Waals surface area contributed by atoms with Crippen LogP contribution < -0.4 is 5.32 Å². The van der Waals surface area contributed by atoms with Gasteiger partial charge < -0.3 is 19.5 Å². The molecular formula is C18H31BrN4O. The van der Waals surface area contributed by atoms with E-state index in [4.69, 9.17) is 4.74 Å². The smallest absolute Gasteiger partial charge is 0.193 e. The fourth-order valence-corrected chi connectivity index (χ4v) is 4.22. The van der Waals surface area contributed by atoms with Crippen LogP contribution in [0.15, 0.2) is 21.7 Å². The molecule has 0 radical (unpaired) electrons. The molecule has 1 heterocycles. The molecule has 6 heteroatoms. The highest BCUT2D eigenvalue weighted by molar-refractivity contribution is 9.10. The molecule has 1 aliphatic carbocycles. The lowest BCUT2D eigenvalue weighted by Crippen LogP contribution is -2.44. The number of aromatic nitrogens is 1. The molecule has 0 atom stereocenters. The molecule has 0 aromatic carbocycles. The van der Waals surface area contributed by atoms with Crippen molar-refractivity contribution in [2.24, 2.45) is 17.5 Å². The van der Waals surface area contributed by atoms with Crippen LogP contribution in [0.3, 0.4) is 0 Å². The third kappa shape index (κ3) is 4.99. The molecule has 0 aliphatic heterocycles. The molecular weight excluding hydrogens is 368 g/mol. The molecule has 5 nitrogen and oxygen atoms in total. The Morgan fingerprint density at radius 3 is 2.71 bits per heavy atom. The third-order valence-electron chi connectivity index (χ3n) is 5.17. The second-order valence-corrected chi connectivity index (χ2v) is 7.88. The number of methoxy groups -OCH3 is 1. The van der Waals surface area contributed by atoms with Gasteiger partial charge in [0.2, 0.25) is 0 Å². The van der Waals surface area contributed by atoms with Crippen LogP contribution in [0.5, 0.6) is 0 Å². The summed E-state index contributed by atoms with van der Waals surface area (Å²) in [7, 11) is 7.81. The predicted molar refractivity (Wildman–Crippen MR) is 103 cm³/mol. The lowest BCUT2D eigenvalue weighted by molar-refractivity contribution is 0.138. The van der Waals surface area contributed by atoms with E-state index in [1.54, 1.807) is 7.11 Å². The first-order chi connectivity index (χ1) is 11.5. The van der Waals surface area contributed by atoms with E-state index in [0.717, 1.165) is 36.5 Å². The van der Waals surface area contributed by atoms with Gasteiger partial charge in [-0.1, -0.05) is 12.8 Å². The van der Waals surface area contributed by atoms with Crippen LogP contribution in [0.25, 0.3) is 0 Å². The minimum atomic E-state index is 0.362. The summed E-state index contributed by atoms with van der Waals surface area (Å²) < 4.78 is 8.58. The van der Waals surface area contributed by atoms with Gasteiger partial charge in [-0.15, -0.1) is 0 Å². The summed E-state index contributed by atoms with van der Waals surface area (Å²) in [5.41, 5.74) is 1.61. The molecule has 1 fully saturated rings. The van der Waals surface area contributed by atoms with Crippen LogP contribution in [0.2, 0.25) is 0 Å². The topological polar surface area (TPSA) is 41.8 Å². The van der Waals surface area contributed by atoms with Gasteiger partial charge in [0.1, 0.15) is 0 Å². The lowest BCUT2D eigenvalue weighted by atomic mass is 9.83. The highest BCUT2D eigenvalue weighted by Crippen LogP contribution is 2.40. The molecule has 1 aliphatic rings. The standard InChI is InChI=1S/C18H31BrN4O/c1-20-17(23(3)13-16-11-15(19)12-22(16)2)21-14-18(9-10-24-4)7-5-6-8-18/h11-12H,5-10,13-14H2,1-4H3,(H,20,21). The van der Waals surface area contributed by atoms with Crippen LogP contribution in [0.4, 0.5) is 0 Å². The molecule has 0 saturated heterocycles. The number of aryl methyl sites for hydroxylation is 1. The van der Waals surface area contributed by atoms with E-state index in [1.165, 1.54) is 31.4 Å². The Bertz CT molecular complexity index is 549. The van der Waals surface area contributed by atoms with E-state index >= 15 is 0 Å². The summed E-state index contributed by atoms with van der Waals surface area (Å²) in [6, 6.07) is 2.15. The van der Waals surface area contributed by atoms with E-state index in [0.29, 0.717) is 5.41 Å². The van der Waals surface area contributed by atoms with Crippen molar-refractivity contribution in [3.63, 3.8) is 0 Å². The Morgan fingerprint density at radius 1 is 1.46 bits per heavy atom. The van der Waals surface area contributed by atoms with Gasteiger partial charge in [0.05, 0.1) is 6.54 Å². The monoisotopic (exact) mass is 398 g/mol. The molecule has 24 heavy (non-hydrogen) atoms. The van der Waals surface area contributed by atoms with Crippen LogP contribution in [0.1, 0.15) is 37.8 Å². The minimum Gasteiger partial charge on any atom is -0.385 e. The Balaban J connectivity index is 1.94. The maximum Gasteiger partial charge on any atom is 0.193 e. The minimum absolute atomic E-state index is 0.362. The SMILES string of the molecule is CN=C(NCC1(CCOC)CCCC1)N(C)Cc1cc(Br)cn1C. The van der Waals surface area contributed by atoms with Crippen molar-refractivity contribution >= 4 is 21.9 Å². The zero-order chi connectivity index (χ0) is 17.6. The van der Waals surface area contributed by atoms with Gasteiger partial charge in [0, 0.05) is 57.8 Å². The first-order valence-electron chi connectivity index (χ1n) is 8.71. The molecule has 1 saturated carbocycles. The van der Waals surface area contributed by atoms with Crippen molar-refractivity contribution < 1.29 is 4.74 Å². The number of hydrogen-bond acceptors (Lipinski definition) is 2. The summed E-state index contributed by atoms with van der Waals surface area (Å²) in [6.07, 6.45) is 8.44. The van der Waals surface area contributed by atoms with Gasteiger partial charge in [-0.05, 0) is 46.7 Å². The van der Waals surface area contributed by atoms with Crippen LogP contribution >= 0.6 is 15.9 Å². The average molecular weight is 399 g/mol. The highest BCUT2D eigenvalue weighted by Gasteiger charge is 2.33. The second kappa shape index (κ2) is 8.90. The first-order valence-corrected chi connectivity index (χ1v) is 9.50. The molecule has 136 valence electrons. The van der Waals surface area contributed by atoms with E-state index < -0.39 is 0 Å². The summed E-state index contributed by atoms with van der Waals surface area (Å²) in [6.45, 7) is 2.64. The number of aliphatic imine (C=N–C) groups is 1. The Kier molecular flexibility index (Phi) is 7.16. The van der Waals surface area contributed by atoms with Crippen molar-refractivity contribution in [3.05, 3.63) is 22.4 Å². The molecule has 0 spiro atoms. The van der Waals surface area contributed by atoms with Gasteiger partial charge in [-0.2, -0.15) is 0 Å². The zero-order valence-electron chi connectivity index (χ0n) is 15.4. The molecule has 1 aromatic heterocycles. The molecule has 0 amide bonds. The number of halogens is 1.